The number of nitrogens with zero attached hydrogens (tertiary/aromatic N) is 1. The number of ether oxygens (including phenoxy) is 2. The molecule has 0 N–H and O–H groups in total. The molecule has 0 atom stereocenters. The molecule has 0 aliphatic carbocycles. The van der Waals surface area contributed by atoms with Gasteiger partial charge >= 0.3 is 0 Å². The molecule has 1 aromatic rings. The summed E-state index contributed by atoms with van der Waals surface area (Å²) < 4.78 is 10.5. The van der Waals surface area contributed by atoms with Crippen molar-refractivity contribution in [3.05, 3.63) is 17.7 Å². The van der Waals surface area contributed by atoms with E-state index in [1.165, 1.54) is 0 Å². The summed E-state index contributed by atoms with van der Waals surface area (Å²) in [6.45, 7) is 4.32. The maximum absolute atomic E-state index is 11.0. The molecule has 100 valence electrons. The Kier molecular flexibility index (Phi) is 5.01. The summed E-state index contributed by atoms with van der Waals surface area (Å²) in [5, 5.41) is 0. The zero-order chi connectivity index (χ0) is 13.7. The fourth-order valence-electron chi connectivity index (χ4n) is 1.83. The molecule has 0 spiro atoms. The number of benzene rings is 1. The molecule has 0 aliphatic heterocycles. The highest BCUT2D eigenvalue weighted by atomic mass is 16.5. The Morgan fingerprint density at radius 2 is 1.78 bits per heavy atom. The van der Waals surface area contributed by atoms with Crippen molar-refractivity contribution in [1.82, 2.24) is 0 Å². The summed E-state index contributed by atoms with van der Waals surface area (Å²) >= 11 is 0. The zero-order valence-corrected chi connectivity index (χ0v) is 11.7. The Hall–Kier alpha value is -1.71. The molecule has 0 saturated heterocycles. The second kappa shape index (κ2) is 6.28. The number of methoxy groups -OCH3 is 2. The lowest BCUT2D eigenvalue weighted by molar-refractivity contribution is -0.116. The number of ketones is 1. The first-order chi connectivity index (χ1) is 8.49. The molecule has 0 heterocycles. The molecule has 0 aromatic heterocycles. The molecule has 0 fully saturated rings. The van der Waals surface area contributed by atoms with Crippen LogP contribution in [0.5, 0.6) is 11.5 Å². The van der Waals surface area contributed by atoms with Gasteiger partial charge in [-0.15, -0.1) is 0 Å². The van der Waals surface area contributed by atoms with Crippen LogP contribution in [-0.2, 0) is 4.79 Å². The van der Waals surface area contributed by atoms with Crippen LogP contribution in [0.2, 0.25) is 0 Å². The fraction of sp³-hybridized carbons (Fsp3) is 0.500. The molecule has 0 saturated carbocycles. The van der Waals surface area contributed by atoms with Crippen LogP contribution >= 0.6 is 0 Å². The summed E-state index contributed by atoms with van der Waals surface area (Å²) in [6.07, 6.45) is 0.546. The third kappa shape index (κ3) is 3.39. The number of carbonyl (C=O) groups excluding carboxylic acids is 1. The van der Waals surface area contributed by atoms with Gasteiger partial charge in [-0.2, -0.15) is 0 Å². The van der Waals surface area contributed by atoms with E-state index in [9.17, 15) is 4.79 Å². The minimum atomic E-state index is 0.194. The van der Waals surface area contributed by atoms with Crippen molar-refractivity contribution in [2.45, 2.75) is 20.3 Å². The van der Waals surface area contributed by atoms with Gasteiger partial charge in [0.15, 0.2) is 11.5 Å². The maximum Gasteiger partial charge on any atom is 0.162 e. The Bertz CT molecular complexity index is 429. The van der Waals surface area contributed by atoms with Crippen LogP contribution in [0.4, 0.5) is 5.69 Å². The van der Waals surface area contributed by atoms with Crippen molar-refractivity contribution in [3.63, 3.8) is 0 Å². The van der Waals surface area contributed by atoms with Gasteiger partial charge < -0.3 is 14.4 Å². The smallest absolute Gasteiger partial charge is 0.162 e. The zero-order valence-electron chi connectivity index (χ0n) is 11.7. The number of anilines is 1. The molecule has 0 unspecified atom stereocenters. The summed E-state index contributed by atoms with van der Waals surface area (Å²) in [5.74, 6) is 1.62. The number of hydrogen-bond acceptors (Lipinski definition) is 4. The monoisotopic (exact) mass is 251 g/mol. The van der Waals surface area contributed by atoms with E-state index in [-0.39, 0.29) is 5.78 Å². The summed E-state index contributed by atoms with van der Waals surface area (Å²) in [7, 11) is 5.21. The molecular weight excluding hydrogens is 230 g/mol. The molecular formula is C14H21NO3. The quantitative estimate of drug-likeness (QED) is 0.778. The predicted molar refractivity (Wildman–Crippen MR) is 72.9 cm³/mol. The molecule has 4 nitrogen and oxygen atoms in total. The first-order valence-electron chi connectivity index (χ1n) is 5.92. The standard InChI is InChI=1S/C14H21NO3/c1-10-8-13(17-4)14(18-5)9-12(10)15(3)7-6-11(2)16/h8-9H,6-7H2,1-5H3. The molecule has 0 bridgehead atoms. The molecule has 4 heteroatoms. The van der Waals surface area contributed by atoms with E-state index in [4.69, 9.17) is 9.47 Å². The van der Waals surface area contributed by atoms with Crippen molar-refractivity contribution >= 4 is 11.5 Å². The lowest BCUT2D eigenvalue weighted by Gasteiger charge is -2.22. The van der Waals surface area contributed by atoms with Crippen molar-refractivity contribution < 1.29 is 14.3 Å². The van der Waals surface area contributed by atoms with E-state index in [0.717, 1.165) is 17.0 Å². The molecule has 1 rings (SSSR count). The summed E-state index contributed by atoms with van der Waals surface area (Å²) in [5.41, 5.74) is 2.15. The van der Waals surface area contributed by atoms with Gasteiger partial charge in [-0.3, -0.25) is 4.79 Å². The van der Waals surface area contributed by atoms with E-state index in [1.807, 2.05) is 26.1 Å². The third-order valence-electron chi connectivity index (χ3n) is 2.91. The number of Topliss-reactive ketones (excluding diaryl/α,β-unsaturated/α-hetero) is 1. The molecule has 0 aliphatic rings. The average molecular weight is 251 g/mol. The van der Waals surface area contributed by atoms with Crippen LogP contribution in [0.3, 0.4) is 0 Å². The van der Waals surface area contributed by atoms with E-state index in [2.05, 4.69) is 4.90 Å². The molecule has 0 amide bonds. The van der Waals surface area contributed by atoms with Gasteiger partial charge in [-0.05, 0) is 25.5 Å². The van der Waals surface area contributed by atoms with E-state index < -0.39 is 0 Å². The number of carbonyl (C=O) groups is 1. The Labute approximate surface area is 108 Å². The molecule has 1 aromatic carbocycles. The summed E-state index contributed by atoms with van der Waals surface area (Å²) in [6, 6.07) is 3.88. The van der Waals surface area contributed by atoms with Gasteiger partial charge in [-0.1, -0.05) is 0 Å². The highest BCUT2D eigenvalue weighted by Crippen LogP contribution is 2.34. The normalized spacial score (nSPS) is 10.1. The lowest BCUT2D eigenvalue weighted by atomic mass is 10.1. The van der Waals surface area contributed by atoms with Gasteiger partial charge in [0.2, 0.25) is 0 Å². The first-order valence-corrected chi connectivity index (χ1v) is 5.92. The van der Waals surface area contributed by atoms with Gasteiger partial charge in [0.25, 0.3) is 0 Å². The Balaban J connectivity index is 2.97. The van der Waals surface area contributed by atoms with Crippen molar-refractivity contribution in [2.24, 2.45) is 0 Å². The van der Waals surface area contributed by atoms with E-state index >= 15 is 0 Å². The van der Waals surface area contributed by atoms with Crippen LogP contribution in [0.25, 0.3) is 0 Å². The number of rotatable bonds is 6. The second-order valence-corrected chi connectivity index (χ2v) is 4.37. The largest absolute Gasteiger partial charge is 0.493 e. The van der Waals surface area contributed by atoms with E-state index in [0.29, 0.717) is 18.7 Å². The molecule has 18 heavy (non-hydrogen) atoms. The average Bonchev–Trinajstić information content (AvgIpc) is 2.35. The number of hydrogen-bond donors (Lipinski definition) is 0. The first kappa shape index (κ1) is 14.4. The van der Waals surface area contributed by atoms with Crippen LogP contribution < -0.4 is 14.4 Å². The van der Waals surface area contributed by atoms with Crippen LogP contribution in [-0.4, -0.2) is 33.6 Å². The van der Waals surface area contributed by atoms with Crippen molar-refractivity contribution in [1.29, 1.82) is 0 Å². The SMILES string of the molecule is COc1cc(C)c(N(C)CCC(C)=O)cc1OC. The topological polar surface area (TPSA) is 38.8 Å². The van der Waals surface area contributed by atoms with Crippen molar-refractivity contribution in [3.8, 4) is 11.5 Å². The summed E-state index contributed by atoms with van der Waals surface area (Å²) in [4.78, 5) is 13.1. The fourth-order valence-corrected chi connectivity index (χ4v) is 1.83. The van der Waals surface area contributed by atoms with E-state index in [1.54, 1.807) is 21.1 Å². The van der Waals surface area contributed by atoms with Crippen molar-refractivity contribution in [2.75, 3.05) is 32.7 Å². The second-order valence-electron chi connectivity index (χ2n) is 4.37. The Morgan fingerprint density at radius 3 is 2.28 bits per heavy atom. The van der Waals surface area contributed by atoms with Crippen LogP contribution in [0.1, 0.15) is 18.9 Å². The van der Waals surface area contributed by atoms with Gasteiger partial charge in [0.05, 0.1) is 14.2 Å². The lowest BCUT2D eigenvalue weighted by Crippen LogP contribution is -2.21. The third-order valence-corrected chi connectivity index (χ3v) is 2.91. The van der Waals surface area contributed by atoms with Crippen LogP contribution in [0.15, 0.2) is 12.1 Å². The highest BCUT2D eigenvalue weighted by molar-refractivity contribution is 5.76. The highest BCUT2D eigenvalue weighted by Gasteiger charge is 2.11. The minimum absolute atomic E-state index is 0.194. The van der Waals surface area contributed by atoms with Gasteiger partial charge in [0, 0.05) is 31.8 Å². The predicted octanol–water partition coefficient (Wildman–Crippen LogP) is 2.43. The number of aryl methyl sites for hydroxylation is 1. The van der Waals surface area contributed by atoms with Crippen LogP contribution in [0, 0.1) is 6.92 Å². The van der Waals surface area contributed by atoms with Gasteiger partial charge in [-0.25, -0.2) is 0 Å². The molecule has 0 radical (unpaired) electrons. The Morgan fingerprint density at radius 1 is 1.22 bits per heavy atom. The minimum Gasteiger partial charge on any atom is -0.493 e. The maximum atomic E-state index is 11.0. The van der Waals surface area contributed by atoms with Gasteiger partial charge in [0.1, 0.15) is 5.78 Å².